The van der Waals surface area contributed by atoms with Crippen molar-refractivity contribution in [3.8, 4) is 5.75 Å². The molecule has 0 heterocycles. The van der Waals surface area contributed by atoms with Crippen LogP contribution in [0.5, 0.6) is 5.75 Å². The molecule has 0 saturated heterocycles. The zero-order valence-electron chi connectivity index (χ0n) is 23.1. The van der Waals surface area contributed by atoms with Crippen LogP contribution in [-0.4, -0.2) is 45.6 Å². The number of carbonyl (C=O) groups is 2. The van der Waals surface area contributed by atoms with Crippen molar-refractivity contribution in [2.24, 2.45) is 5.10 Å². The number of hydrazone groups is 1. The van der Waals surface area contributed by atoms with Gasteiger partial charge in [0.05, 0.1) is 16.8 Å². The summed E-state index contributed by atoms with van der Waals surface area (Å²) in [7, 11) is -4.14. The first-order valence-electron chi connectivity index (χ1n) is 13.5. The molecule has 1 saturated carbocycles. The molecule has 12 heteroatoms. The van der Waals surface area contributed by atoms with E-state index in [1.807, 2.05) is 6.92 Å². The van der Waals surface area contributed by atoms with E-state index in [1.165, 1.54) is 43.0 Å². The van der Waals surface area contributed by atoms with Gasteiger partial charge in [-0.25, -0.2) is 13.8 Å². The zero-order valence-corrected chi connectivity index (χ0v) is 25.4. The molecule has 0 aromatic heterocycles. The summed E-state index contributed by atoms with van der Waals surface area (Å²) in [6.45, 7) is 1.20. The van der Waals surface area contributed by atoms with E-state index in [2.05, 4.69) is 15.8 Å². The summed E-state index contributed by atoms with van der Waals surface area (Å²) in [6, 6.07) is 17.6. The summed E-state index contributed by atoms with van der Waals surface area (Å²) < 4.78 is 33.5. The molecule has 1 aliphatic rings. The second-order valence-corrected chi connectivity index (χ2v) is 12.7. The molecule has 0 unspecified atom stereocenters. The summed E-state index contributed by atoms with van der Waals surface area (Å²) in [4.78, 5) is 25.0. The van der Waals surface area contributed by atoms with E-state index in [0.717, 1.165) is 35.6 Å². The Bertz CT molecular complexity index is 1500. The predicted molar refractivity (Wildman–Crippen MR) is 165 cm³/mol. The number of halogens is 2. The molecular weight excluding hydrogens is 599 g/mol. The van der Waals surface area contributed by atoms with E-state index in [-0.39, 0.29) is 39.2 Å². The summed E-state index contributed by atoms with van der Waals surface area (Å²) in [6.07, 6.45) is 6.91. The number of hydrogen-bond acceptors (Lipinski definition) is 6. The van der Waals surface area contributed by atoms with Gasteiger partial charge < -0.3 is 10.1 Å². The van der Waals surface area contributed by atoms with Gasteiger partial charge in [0, 0.05) is 16.1 Å². The van der Waals surface area contributed by atoms with Gasteiger partial charge in [-0.05, 0) is 79.9 Å². The van der Waals surface area contributed by atoms with Crippen LogP contribution >= 0.6 is 23.2 Å². The minimum Gasteiger partial charge on any atom is -0.484 e. The van der Waals surface area contributed by atoms with E-state index >= 15 is 0 Å². The number of anilines is 1. The van der Waals surface area contributed by atoms with Gasteiger partial charge in [0.2, 0.25) is 0 Å². The fourth-order valence-corrected chi connectivity index (χ4v) is 6.41. The average Bonchev–Trinajstić information content (AvgIpc) is 2.95. The molecule has 0 spiro atoms. The molecule has 42 heavy (non-hydrogen) atoms. The molecule has 0 bridgehead atoms. The molecule has 9 nitrogen and oxygen atoms in total. The monoisotopic (exact) mass is 630 g/mol. The maximum Gasteiger partial charge on any atom is 0.264 e. The van der Waals surface area contributed by atoms with Crippen LogP contribution in [0.3, 0.4) is 0 Å². The Morgan fingerprint density at radius 2 is 1.60 bits per heavy atom. The predicted octanol–water partition coefficient (Wildman–Crippen LogP) is 5.48. The van der Waals surface area contributed by atoms with E-state index in [1.54, 1.807) is 36.4 Å². The SMILES string of the molecule is Cc1ccc(S(=O)(=O)N(CC(=O)N/N=C\c2ccc(OCC(=O)NC3CCCCC3)cc2)c2cc(Cl)cc(Cl)c2)cc1. The summed E-state index contributed by atoms with van der Waals surface area (Å²) in [5, 5.41) is 7.40. The Labute approximate surface area is 255 Å². The van der Waals surface area contributed by atoms with Crippen molar-refractivity contribution in [3.05, 3.63) is 87.9 Å². The Balaban J connectivity index is 1.36. The molecule has 0 aliphatic heterocycles. The maximum atomic E-state index is 13.5. The molecule has 1 aliphatic carbocycles. The van der Waals surface area contributed by atoms with E-state index in [0.29, 0.717) is 11.3 Å². The van der Waals surface area contributed by atoms with Crippen LogP contribution in [0.1, 0.15) is 43.2 Å². The van der Waals surface area contributed by atoms with Crippen LogP contribution in [-0.2, 0) is 19.6 Å². The lowest BCUT2D eigenvalue weighted by atomic mass is 9.95. The fraction of sp³-hybridized carbons (Fsp3) is 0.300. The summed E-state index contributed by atoms with van der Waals surface area (Å²) in [5.74, 6) is -0.303. The molecule has 2 amide bonds. The van der Waals surface area contributed by atoms with Crippen LogP contribution in [0.4, 0.5) is 5.69 Å². The average molecular weight is 632 g/mol. The molecule has 0 atom stereocenters. The second kappa shape index (κ2) is 14.5. The highest BCUT2D eigenvalue weighted by Gasteiger charge is 2.28. The van der Waals surface area contributed by atoms with Gasteiger partial charge in [0.1, 0.15) is 12.3 Å². The number of rotatable bonds is 11. The summed E-state index contributed by atoms with van der Waals surface area (Å²) >= 11 is 12.3. The molecular formula is C30H32Cl2N4O5S. The Morgan fingerprint density at radius 3 is 2.24 bits per heavy atom. The van der Waals surface area contributed by atoms with Crippen LogP contribution in [0.15, 0.2) is 76.7 Å². The van der Waals surface area contributed by atoms with Crippen molar-refractivity contribution in [1.82, 2.24) is 10.7 Å². The van der Waals surface area contributed by atoms with Crippen molar-refractivity contribution in [1.29, 1.82) is 0 Å². The first-order valence-corrected chi connectivity index (χ1v) is 15.7. The molecule has 4 rings (SSSR count). The molecule has 0 radical (unpaired) electrons. The molecule has 2 N–H and O–H groups in total. The highest BCUT2D eigenvalue weighted by molar-refractivity contribution is 7.92. The summed E-state index contributed by atoms with van der Waals surface area (Å²) in [5.41, 5.74) is 4.04. The first kappa shape index (κ1) is 31.3. The van der Waals surface area contributed by atoms with Crippen LogP contribution < -0.4 is 19.8 Å². The van der Waals surface area contributed by atoms with E-state index < -0.39 is 22.5 Å². The quantitative estimate of drug-likeness (QED) is 0.215. The highest BCUT2D eigenvalue weighted by atomic mass is 35.5. The number of sulfonamides is 1. The minimum absolute atomic E-state index is 0.00859. The normalized spacial score (nSPS) is 14.0. The lowest BCUT2D eigenvalue weighted by Crippen LogP contribution is -2.39. The molecule has 3 aromatic carbocycles. The highest BCUT2D eigenvalue weighted by Crippen LogP contribution is 2.29. The largest absolute Gasteiger partial charge is 0.484 e. The molecule has 222 valence electrons. The Kier molecular flexibility index (Phi) is 10.8. The third-order valence-corrected chi connectivity index (χ3v) is 8.88. The van der Waals surface area contributed by atoms with Crippen molar-refractivity contribution in [2.75, 3.05) is 17.5 Å². The first-order chi connectivity index (χ1) is 20.1. The van der Waals surface area contributed by atoms with Crippen LogP contribution in [0.2, 0.25) is 10.0 Å². The van der Waals surface area contributed by atoms with Gasteiger partial charge in [-0.1, -0.05) is 60.2 Å². The zero-order chi connectivity index (χ0) is 30.1. The van der Waals surface area contributed by atoms with Gasteiger partial charge in [-0.3, -0.25) is 13.9 Å². The smallest absolute Gasteiger partial charge is 0.264 e. The van der Waals surface area contributed by atoms with Gasteiger partial charge in [0.15, 0.2) is 6.61 Å². The van der Waals surface area contributed by atoms with Crippen molar-refractivity contribution in [3.63, 3.8) is 0 Å². The number of benzene rings is 3. The number of nitrogens with one attached hydrogen (secondary N) is 2. The molecule has 1 fully saturated rings. The number of carbonyl (C=O) groups excluding carboxylic acids is 2. The lowest BCUT2D eigenvalue weighted by molar-refractivity contribution is -0.124. The number of hydrogen-bond donors (Lipinski definition) is 2. The van der Waals surface area contributed by atoms with Crippen molar-refractivity contribution >= 4 is 56.9 Å². The number of nitrogens with zero attached hydrogens (tertiary/aromatic N) is 2. The van der Waals surface area contributed by atoms with Crippen molar-refractivity contribution in [2.45, 2.75) is 50.0 Å². The van der Waals surface area contributed by atoms with Crippen molar-refractivity contribution < 1.29 is 22.7 Å². The Hall–Kier alpha value is -3.60. The fourth-order valence-electron chi connectivity index (χ4n) is 4.50. The molecule has 3 aromatic rings. The number of aryl methyl sites for hydroxylation is 1. The van der Waals surface area contributed by atoms with Crippen LogP contribution in [0, 0.1) is 6.92 Å². The minimum atomic E-state index is -4.14. The van der Waals surface area contributed by atoms with Gasteiger partial charge in [0.25, 0.3) is 21.8 Å². The lowest BCUT2D eigenvalue weighted by Gasteiger charge is -2.24. The number of amides is 2. The van der Waals surface area contributed by atoms with Gasteiger partial charge in [-0.2, -0.15) is 5.10 Å². The van der Waals surface area contributed by atoms with Gasteiger partial charge >= 0.3 is 0 Å². The second-order valence-electron chi connectivity index (χ2n) is 10.0. The standard InChI is InChI=1S/C30H32Cl2N4O5S/c1-21-7-13-28(14-8-21)42(39,40)36(26-16-23(31)15-24(32)17-26)19-29(37)35-33-18-22-9-11-27(12-10-22)41-20-30(38)34-25-5-3-2-4-6-25/h7-18,25H,2-6,19-20H2,1H3,(H,34,38)(H,35,37)/b33-18-. The van der Waals surface area contributed by atoms with Crippen LogP contribution in [0.25, 0.3) is 0 Å². The third-order valence-electron chi connectivity index (χ3n) is 6.65. The number of ether oxygens (including phenoxy) is 1. The Morgan fingerprint density at radius 1 is 0.952 bits per heavy atom. The van der Waals surface area contributed by atoms with E-state index in [4.69, 9.17) is 27.9 Å². The third kappa shape index (κ3) is 8.95. The van der Waals surface area contributed by atoms with E-state index in [9.17, 15) is 18.0 Å². The topological polar surface area (TPSA) is 117 Å². The van der Waals surface area contributed by atoms with Gasteiger partial charge in [-0.15, -0.1) is 0 Å². The maximum absolute atomic E-state index is 13.5.